The van der Waals surface area contributed by atoms with Gasteiger partial charge in [0.1, 0.15) is 0 Å². The van der Waals surface area contributed by atoms with Crippen LogP contribution in [0.3, 0.4) is 0 Å². The first-order chi connectivity index (χ1) is 17.0. The van der Waals surface area contributed by atoms with Crippen LogP contribution in [0.5, 0.6) is 0 Å². The summed E-state index contributed by atoms with van der Waals surface area (Å²) in [5.74, 6) is 0.546. The van der Waals surface area contributed by atoms with Crippen molar-refractivity contribution in [1.29, 1.82) is 0 Å². The molecule has 0 aliphatic rings. The Bertz CT molecular complexity index is 1160. The topological polar surface area (TPSA) is 0 Å². The third-order valence-corrected chi connectivity index (χ3v) is 6.63. The number of hydrogen-bond donors (Lipinski definition) is 0. The van der Waals surface area contributed by atoms with Gasteiger partial charge < -0.3 is 0 Å². The Morgan fingerprint density at radius 1 is 0.486 bits per heavy atom. The van der Waals surface area contributed by atoms with Crippen LogP contribution in [0, 0.1) is 11.3 Å². The Kier molecular flexibility index (Phi) is 8.16. The lowest BCUT2D eigenvalue weighted by atomic mass is 9.74. The van der Waals surface area contributed by atoms with Crippen molar-refractivity contribution in [3.8, 4) is 0 Å². The van der Waals surface area contributed by atoms with Gasteiger partial charge in [0.2, 0.25) is 0 Å². The fraction of sp³-hybridized carbons (Fsp3) is 0.200. The highest BCUT2D eigenvalue weighted by atomic mass is 14.3. The first kappa shape index (κ1) is 24.5. The number of hydrogen-bond acceptors (Lipinski definition) is 0. The summed E-state index contributed by atoms with van der Waals surface area (Å²) >= 11 is 0. The Balaban J connectivity index is 1.48. The monoisotopic (exact) mass is 456 g/mol. The average Bonchev–Trinajstić information content (AvgIpc) is 2.87. The largest absolute Gasteiger partial charge is 0.0622 e. The van der Waals surface area contributed by atoms with Crippen LogP contribution in [0.25, 0.3) is 24.3 Å². The predicted octanol–water partition coefficient (Wildman–Crippen LogP) is 9.47. The highest BCUT2D eigenvalue weighted by Crippen LogP contribution is 2.32. The van der Waals surface area contributed by atoms with Gasteiger partial charge in [-0.05, 0) is 57.6 Å². The van der Waals surface area contributed by atoms with Gasteiger partial charge in [-0.3, -0.25) is 0 Å². The SMILES string of the molecule is CC(C)(C)C(Cc1cccc(/C=C/c2ccccc2)c1)Cc1cccc(/C=C/c2ccccc2)c1. The highest BCUT2D eigenvalue weighted by molar-refractivity contribution is 5.70. The normalized spacial score (nSPS) is 12.1. The van der Waals surface area contributed by atoms with Crippen LogP contribution >= 0.6 is 0 Å². The van der Waals surface area contributed by atoms with Crippen molar-refractivity contribution in [3.05, 3.63) is 143 Å². The van der Waals surface area contributed by atoms with E-state index in [1.54, 1.807) is 0 Å². The maximum Gasteiger partial charge on any atom is -0.0242 e. The molecule has 0 radical (unpaired) electrons. The molecule has 0 saturated heterocycles. The molecule has 4 rings (SSSR count). The second-order valence-electron chi connectivity index (χ2n) is 10.4. The van der Waals surface area contributed by atoms with E-state index < -0.39 is 0 Å². The Labute approximate surface area is 211 Å². The minimum atomic E-state index is 0.214. The Morgan fingerprint density at radius 2 is 0.857 bits per heavy atom. The number of rotatable bonds is 8. The molecular weight excluding hydrogens is 420 g/mol. The van der Waals surface area contributed by atoms with Crippen molar-refractivity contribution >= 4 is 24.3 Å². The minimum Gasteiger partial charge on any atom is -0.0622 e. The van der Waals surface area contributed by atoms with E-state index in [1.165, 1.54) is 33.4 Å². The van der Waals surface area contributed by atoms with Gasteiger partial charge in [-0.2, -0.15) is 0 Å². The van der Waals surface area contributed by atoms with E-state index in [0.717, 1.165) is 12.8 Å². The molecule has 0 spiro atoms. The summed E-state index contributed by atoms with van der Waals surface area (Å²) in [6, 6.07) is 39.0. The summed E-state index contributed by atoms with van der Waals surface area (Å²) in [7, 11) is 0. The molecule has 35 heavy (non-hydrogen) atoms. The van der Waals surface area contributed by atoms with Crippen molar-refractivity contribution in [2.45, 2.75) is 33.6 Å². The van der Waals surface area contributed by atoms with E-state index in [0.29, 0.717) is 5.92 Å². The van der Waals surface area contributed by atoms with Crippen LogP contribution < -0.4 is 0 Å². The maximum absolute atomic E-state index is 2.37. The van der Waals surface area contributed by atoms with E-state index in [-0.39, 0.29) is 5.41 Å². The highest BCUT2D eigenvalue weighted by Gasteiger charge is 2.25. The van der Waals surface area contributed by atoms with Crippen LogP contribution in [0.15, 0.2) is 109 Å². The summed E-state index contributed by atoms with van der Waals surface area (Å²) in [4.78, 5) is 0. The lowest BCUT2D eigenvalue weighted by molar-refractivity contribution is 0.237. The molecular formula is C35H36. The summed E-state index contributed by atoms with van der Waals surface area (Å²) in [6.45, 7) is 7.11. The quantitative estimate of drug-likeness (QED) is 0.232. The fourth-order valence-electron chi connectivity index (χ4n) is 4.41. The second kappa shape index (κ2) is 11.7. The summed E-state index contributed by atoms with van der Waals surface area (Å²) in [6.07, 6.45) is 11.0. The molecule has 0 heterocycles. The second-order valence-corrected chi connectivity index (χ2v) is 10.4. The van der Waals surface area contributed by atoms with Crippen molar-refractivity contribution in [2.75, 3.05) is 0 Å². The molecule has 0 heteroatoms. The van der Waals surface area contributed by atoms with Gasteiger partial charge in [0, 0.05) is 0 Å². The molecule has 0 unspecified atom stereocenters. The van der Waals surface area contributed by atoms with Gasteiger partial charge in [0.05, 0.1) is 0 Å². The van der Waals surface area contributed by atoms with Crippen LogP contribution in [0.1, 0.15) is 54.2 Å². The van der Waals surface area contributed by atoms with Crippen molar-refractivity contribution in [1.82, 2.24) is 0 Å². The molecule has 0 atom stereocenters. The summed E-state index contributed by atoms with van der Waals surface area (Å²) in [5.41, 5.74) is 7.99. The molecule has 0 saturated carbocycles. The van der Waals surface area contributed by atoms with Gasteiger partial charge in [-0.25, -0.2) is 0 Å². The molecule has 0 aromatic heterocycles. The molecule has 4 aromatic rings. The zero-order valence-electron chi connectivity index (χ0n) is 21.2. The van der Waals surface area contributed by atoms with Crippen molar-refractivity contribution in [2.24, 2.45) is 11.3 Å². The van der Waals surface area contributed by atoms with Crippen molar-refractivity contribution < 1.29 is 0 Å². The van der Waals surface area contributed by atoms with Gasteiger partial charge in [-0.15, -0.1) is 0 Å². The molecule has 176 valence electrons. The Hall–Kier alpha value is -3.64. The molecule has 0 nitrogen and oxygen atoms in total. The van der Waals surface area contributed by atoms with E-state index >= 15 is 0 Å². The number of benzene rings is 4. The predicted molar refractivity (Wildman–Crippen MR) is 154 cm³/mol. The van der Waals surface area contributed by atoms with Gasteiger partial charge in [0.25, 0.3) is 0 Å². The van der Waals surface area contributed by atoms with Gasteiger partial charge in [-0.1, -0.05) is 154 Å². The first-order valence-electron chi connectivity index (χ1n) is 12.6. The minimum absolute atomic E-state index is 0.214. The molecule has 0 aliphatic heterocycles. The van der Waals surface area contributed by atoms with Crippen LogP contribution in [-0.2, 0) is 12.8 Å². The molecule has 0 bridgehead atoms. The van der Waals surface area contributed by atoms with Gasteiger partial charge in [0.15, 0.2) is 0 Å². The third-order valence-electron chi connectivity index (χ3n) is 6.63. The maximum atomic E-state index is 2.37. The van der Waals surface area contributed by atoms with Crippen LogP contribution in [0.2, 0.25) is 0 Å². The molecule has 0 amide bonds. The molecule has 0 aliphatic carbocycles. The molecule has 0 N–H and O–H groups in total. The average molecular weight is 457 g/mol. The van der Waals surface area contributed by atoms with E-state index in [4.69, 9.17) is 0 Å². The van der Waals surface area contributed by atoms with Crippen molar-refractivity contribution in [3.63, 3.8) is 0 Å². The zero-order valence-corrected chi connectivity index (χ0v) is 21.2. The summed E-state index contributed by atoms with van der Waals surface area (Å²) in [5, 5.41) is 0. The molecule has 4 aromatic carbocycles. The fourth-order valence-corrected chi connectivity index (χ4v) is 4.41. The van der Waals surface area contributed by atoms with Crippen LogP contribution in [0.4, 0.5) is 0 Å². The first-order valence-corrected chi connectivity index (χ1v) is 12.6. The van der Waals surface area contributed by atoms with E-state index in [1.807, 2.05) is 0 Å². The summed E-state index contributed by atoms with van der Waals surface area (Å²) < 4.78 is 0. The standard InChI is InChI=1S/C35H36/c1-35(2,3)34(26-32-18-10-16-30(24-32)22-20-28-12-6-4-7-13-28)27-33-19-11-17-31(25-33)23-21-29-14-8-5-9-15-29/h4-25,34H,26-27H2,1-3H3/b22-20+,23-21+. The van der Waals surface area contributed by atoms with E-state index in [2.05, 4.69) is 154 Å². The van der Waals surface area contributed by atoms with Crippen LogP contribution in [-0.4, -0.2) is 0 Å². The Morgan fingerprint density at radius 3 is 1.26 bits per heavy atom. The van der Waals surface area contributed by atoms with Gasteiger partial charge >= 0.3 is 0 Å². The smallest absolute Gasteiger partial charge is 0.0242 e. The zero-order chi connectivity index (χ0) is 24.5. The molecule has 0 fully saturated rings. The lowest BCUT2D eigenvalue weighted by Gasteiger charge is -2.31. The lowest BCUT2D eigenvalue weighted by Crippen LogP contribution is -2.25. The third kappa shape index (κ3) is 7.69. The van der Waals surface area contributed by atoms with E-state index in [9.17, 15) is 0 Å².